The number of benzene rings is 1. The topological polar surface area (TPSA) is 115 Å². The van der Waals surface area contributed by atoms with E-state index in [0.29, 0.717) is 6.07 Å². The second kappa shape index (κ2) is 5.40. The van der Waals surface area contributed by atoms with E-state index in [1.165, 1.54) is 25.5 Å². The summed E-state index contributed by atoms with van der Waals surface area (Å²) in [5.74, 6) is -1.12. The molecule has 110 valence electrons. The zero-order valence-electron chi connectivity index (χ0n) is 10.6. The highest BCUT2D eigenvalue weighted by molar-refractivity contribution is 7.92. The van der Waals surface area contributed by atoms with E-state index in [0.717, 1.165) is 6.07 Å². The fourth-order valence-corrected chi connectivity index (χ4v) is 2.65. The number of nitrogens with one attached hydrogen (secondary N) is 1. The summed E-state index contributed by atoms with van der Waals surface area (Å²) in [6.07, 6.45) is 3.79. The van der Waals surface area contributed by atoms with Crippen LogP contribution in [0.1, 0.15) is 5.56 Å². The highest BCUT2D eigenvalue weighted by Crippen LogP contribution is 2.25. The maximum atomic E-state index is 13.6. The summed E-state index contributed by atoms with van der Waals surface area (Å²) in [4.78, 5) is 16.7. The molecule has 0 bridgehead atoms. The summed E-state index contributed by atoms with van der Waals surface area (Å²) in [7, 11) is -4.13. The third-order valence-corrected chi connectivity index (χ3v) is 3.85. The molecule has 0 aliphatic carbocycles. The van der Waals surface area contributed by atoms with Gasteiger partial charge in [-0.1, -0.05) is 0 Å². The Morgan fingerprint density at radius 3 is 2.62 bits per heavy atom. The standard InChI is InChI=1S/C11H9FN4O4S/c1-7-4-8(5-9(11(7)12)16(17)18)21(19,20)15-10-6-13-2-3-14-10/h2-6H,1H3,(H,14,15). The number of hydrogen-bond donors (Lipinski definition) is 1. The van der Waals surface area contributed by atoms with Gasteiger partial charge in [-0.15, -0.1) is 0 Å². The Bertz CT molecular complexity index is 795. The first-order valence-corrected chi connectivity index (χ1v) is 7.03. The number of anilines is 1. The van der Waals surface area contributed by atoms with Crippen molar-refractivity contribution in [3.8, 4) is 0 Å². The van der Waals surface area contributed by atoms with Crippen LogP contribution in [0.15, 0.2) is 35.6 Å². The first-order chi connectivity index (χ1) is 9.81. The van der Waals surface area contributed by atoms with Crippen LogP contribution in [0.2, 0.25) is 0 Å². The van der Waals surface area contributed by atoms with E-state index in [1.54, 1.807) is 0 Å². The van der Waals surface area contributed by atoms with Crippen LogP contribution in [-0.4, -0.2) is 23.3 Å². The fourth-order valence-electron chi connectivity index (χ4n) is 1.55. The van der Waals surface area contributed by atoms with E-state index in [4.69, 9.17) is 0 Å². The number of sulfonamides is 1. The molecule has 0 radical (unpaired) electrons. The predicted octanol–water partition coefficient (Wildman–Crippen LogP) is 1.63. The van der Waals surface area contributed by atoms with E-state index in [1.807, 2.05) is 0 Å². The van der Waals surface area contributed by atoms with Gasteiger partial charge in [-0.05, 0) is 18.6 Å². The minimum absolute atomic E-state index is 0.0536. The number of halogens is 1. The van der Waals surface area contributed by atoms with Crippen molar-refractivity contribution in [3.63, 3.8) is 0 Å². The van der Waals surface area contributed by atoms with Crippen LogP contribution in [0.5, 0.6) is 0 Å². The Morgan fingerprint density at radius 2 is 2.05 bits per heavy atom. The summed E-state index contributed by atoms with van der Waals surface area (Å²) >= 11 is 0. The molecule has 2 aromatic rings. The average Bonchev–Trinajstić information content (AvgIpc) is 2.41. The van der Waals surface area contributed by atoms with Crippen molar-refractivity contribution in [2.45, 2.75) is 11.8 Å². The van der Waals surface area contributed by atoms with Gasteiger partial charge in [0.25, 0.3) is 10.0 Å². The minimum Gasteiger partial charge on any atom is -0.262 e. The van der Waals surface area contributed by atoms with Gasteiger partial charge >= 0.3 is 5.69 Å². The number of rotatable bonds is 4. The Labute approximate surface area is 118 Å². The maximum absolute atomic E-state index is 13.6. The van der Waals surface area contributed by atoms with E-state index in [9.17, 15) is 22.9 Å². The van der Waals surface area contributed by atoms with Gasteiger partial charge in [0.05, 0.1) is 16.0 Å². The summed E-state index contributed by atoms with van der Waals surface area (Å²) < 4.78 is 39.9. The molecule has 0 spiro atoms. The fraction of sp³-hybridized carbons (Fsp3) is 0.0909. The molecule has 0 saturated carbocycles. The Kier molecular flexibility index (Phi) is 3.80. The van der Waals surface area contributed by atoms with Crippen molar-refractivity contribution in [1.29, 1.82) is 0 Å². The average molecular weight is 312 g/mol. The van der Waals surface area contributed by atoms with Gasteiger partial charge in [0, 0.05) is 18.5 Å². The monoisotopic (exact) mass is 312 g/mol. The maximum Gasteiger partial charge on any atom is 0.306 e. The molecule has 1 heterocycles. The van der Waals surface area contributed by atoms with Crippen LogP contribution in [-0.2, 0) is 10.0 Å². The number of nitrogens with zero attached hydrogens (tertiary/aromatic N) is 3. The highest BCUT2D eigenvalue weighted by atomic mass is 32.2. The van der Waals surface area contributed by atoms with Gasteiger partial charge < -0.3 is 0 Å². The molecule has 1 N–H and O–H groups in total. The lowest BCUT2D eigenvalue weighted by molar-refractivity contribution is -0.387. The lowest BCUT2D eigenvalue weighted by atomic mass is 10.2. The number of hydrogen-bond acceptors (Lipinski definition) is 6. The van der Waals surface area contributed by atoms with Crippen molar-refractivity contribution >= 4 is 21.5 Å². The molecule has 0 aliphatic heterocycles. The van der Waals surface area contributed by atoms with Gasteiger partial charge in [-0.2, -0.15) is 4.39 Å². The Morgan fingerprint density at radius 1 is 1.33 bits per heavy atom. The lowest BCUT2D eigenvalue weighted by Gasteiger charge is -2.08. The summed E-state index contributed by atoms with van der Waals surface area (Å²) in [6.45, 7) is 1.24. The van der Waals surface area contributed by atoms with Gasteiger partial charge in [-0.3, -0.25) is 19.8 Å². The molecule has 1 aromatic carbocycles. The van der Waals surface area contributed by atoms with Crippen molar-refractivity contribution in [1.82, 2.24) is 9.97 Å². The van der Waals surface area contributed by atoms with Gasteiger partial charge in [0.15, 0.2) is 5.82 Å². The summed E-state index contributed by atoms with van der Waals surface area (Å²) in [5.41, 5.74) is -1.06. The van der Waals surface area contributed by atoms with Crippen molar-refractivity contribution in [2.24, 2.45) is 0 Å². The molecule has 0 fully saturated rings. The molecule has 0 atom stereocenters. The molecule has 10 heteroatoms. The van der Waals surface area contributed by atoms with E-state index in [2.05, 4.69) is 14.7 Å². The predicted molar refractivity (Wildman–Crippen MR) is 70.6 cm³/mol. The molecule has 0 amide bonds. The third-order valence-electron chi connectivity index (χ3n) is 2.52. The van der Waals surface area contributed by atoms with Crippen molar-refractivity contribution in [2.75, 3.05) is 4.72 Å². The van der Waals surface area contributed by atoms with Crippen LogP contribution in [0.3, 0.4) is 0 Å². The first kappa shape index (κ1) is 14.8. The van der Waals surface area contributed by atoms with Crippen LogP contribution < -0.4 is 4.72 Å². The first-order valence-electron chi connectivity index (χ1n) is 5.54. The second-order valence-corrected chi connectivity index (χ2v) is 5.71. The molecule has 0 saturated heterocycles. The number of nitro benzene ring substituents is 1. The van der Waals surface area contributed by atoms with Crippen molar-refractivity contribution < 1.29 is 17.7 Å². The van der Waals surface area contributed by atoms with Gasteiger partial charge in [0.1, 0.15) is 0 Å². The summed E-state index contributed by atoms with van der Waals surface area (Å²) in [5, 5.41) is 10.7. The molecule has 2 rings (SSSR count). The smallest absolute Gasteiger partial charge is 0.262 e. The second-order valence-electron chi connectivity index (χ2n) is 4.03. The Balaban J connectivity index is 2.48. The highest BCUT2D eigenvalue weighted by Gasteiger charge is 2.24. The van der Waals surface area contributed by atoms with E-state index < -0.39 is 31.3 Å². The molecule has 8 nitrogen and oxygen atoms in total. The van der Waals surface area contributed by atoms with E-state index >= 15 is 0 Å². The molecular formula is C11H9FN4O4S. The van der Waals surface area contributed by atoms with Crippen LogP contribution in [0.4, 0.5) is 15.9 Å². The minimum atomic E-state index is -4.13. The zero-order valence-corrected chi connectivity index (χ0v) is 11.5. The molecular weight excluding hydrogens is 303 g/mol. The zero-order chi connectivity index (χ0) is 15.6. The molecule has 1 aromatic heterocycles. The van der Waals surface area contributed by atoms with Gasteiger partial charge in [-0.25, -0.2) is 13.4 Å². The normalized spacial score (nSPS) is 11.1. The van der Waals surface area contributed by atoms with Crippen LogP contribution in [0, 0.1) is 22.9 Å². The van der Waals surface area contributed by atoms with E-state index in [-0.39, 0.29) is 11.4 Å². The lowest BCUT2D eigenvalue weighted by Crippen LogP contribution is -2.15. The summed E-state index contributed by atoms with van der Waals surface area (Å²) in [6, 6.07) is 1.65. The quantitative estimate of drug-likeness (QED) is 0.677. The number of aryl methyl sites for hydroxylation is 1. The van der Waals surface area contributed by atoms with Crippen LogP contribution >= 0.6 is 0 Å². The van der Waals surface area contributed by atoms with Crippen molar-refractivity contribution in [3.05, 3.63) is 52.2 Å². The third kappa shape index (κ3) is 3.11. The molecule has 0 aliphatic rings. The Hall–Kier alpha value is -2.62. The molecule has 0 unspecified atom stereocenters. The van der Waals surface area contributed by atoms with Gasteiger partial charge in [0.2, 0.25) is 5.82 Å². The number of nitro groups is 1. The molecule has 21 heavy (non-hydrogen) atoms. The SMILES string of the molecule is Cc1cc(S(=O)(=O)Nc2cnccn2)cc([N+](=O)[O-])c1F. The van der Waals surface area contributed by atoms with Crippen LogP contribution in [0.25, 0.3) is 0 Å². The number of aromatic nitrogens is 2. The largest absolute Gasteiger partial charge is 0.306 e.